The van der Waals surface area contributed by atoms with E-state index in [0.29, 0.717) is 38.3 Å². The van der Waals surface area contributed by atoms with Crippen LogP contribution in [0.4, 0.5) is 0 Å². The Labute approximate surface area is 159 Å². The second kappa shape index (κ2) is 6.60. The van der Waals surface area contributed by atoms with E-state index in [1.165, 1.54) is 11.8 Å². The van der Waals surface area contributed by atoms with Gasteiger partial charge in [-0.1, -0.05) is 53.7 Å². The number of Topliss-reactive ketones (excluding diaryl/α,β-unsaturated/α-hetero) is 1. The van der Waals surface area contributed by atoms with Crippen LogP contribution in [0, 0.1) is 11.3 Å². The highest BCUT2D eigenvalue weighted by Crippen LogP contribution is 2.50. The fourth-order valence-corrected chi connectivity index (χ4v) is 4.67. The second-order valence-corrected chi connectivity index (χ2v) is 7.45. The molecule has 2 aromatic carbocycles. The number of carbonyl (C=O) groups is 1. The summed E-state index contributed by atoms with van der Waals surface area (Å²) in [6.45, 7) is 0.115. The number of carbonyl (C=O) groups excluding carboxylic acids is 1. The molecular weight excluding hydrogens is 372 g/mol. The largest absolute Gasteiger partial charge is 0.454 e. The Morgan fingerprint density at radius 3 is 2.62 bits per heavy atom. The van der Waals surface area contributed by atoms with E-state index in [0.717, 1.165) is 0 Å². The molecular formula is C19H13ClN2O3S. The van der Waals surface area contributed by atoms with Gasteiger partial charge in [-0.15, -0.1) is 0 Å². The number of ketones is 1. The van der Waals surface area contributed by atoms with E-state index < -0.39 is 11.2 Å². The fraction of sp³-hybridized carbons (Fsp3) is 0.158. The van der Waals surface area contributed by atoms with Crippen LogP contribution in [0.15, 0.2) is 53.1 Å². The van der Waals surface area contributed by atoms with Crippen molar-refractivity contribution in [2.24, 2.45) is 5.73 Å². The fourth-order valence-electron chi connectivity index (χ4n) is 3.16. The molecule has 0 saturated heterocycles. The SMILES string of the molecule is N#CC1=C(N)S[C@@H](C(=O)c2ccccc2)[C@@H]1c1cc2c(cc1Cl)OCO2. The summed E-state index contributed by atoms with van der Waals surface area (Å²) in [6.07, 6.45) is 0. The lowest BCUT2D eigenvalue weighted by atomic mass is 9.85. The molecule has 0 spiro atoms. The maximum absolute atomic E-state index is 13.1. The number of halogens is 1. The molecule has 0 fully saturated rings. The highest BCUT2D eigenvalue weighted by Gasteiger charge is 2.42. The first kappa shape index (κ1) is 16.8. The van der Waals surface area contributed by atoms with Crippen molar-refractivity contribution in [2.45, 2.75) is 11.2 Å². The van der Waals surface area contributed by atoms with Crippen LogP contribution >= 0.6 is 23.4 Å². The summed E-state index contributed by atoms with van der Waals surface area (Å²) >= 11 is 7.65. The van der Waals surface area contributed by atoms with E-state index in [9.17, 15) is 10.1 Å². The van der Waals surface area contributed by atoms with E-state index in [1.54, 1.807) is 36.4 Å². The first-order valence-corrected chi connectivity index (χ1v) is 9.10. The molecule has 0 saturated carbocycles. The van der Waals surface area contributed by atoms with Crippen LogP contribution in [0.25, 0.3) is 0 Å². The summed E-state index contributed by atoms with van der Waals surface area (Å²) in [5.74, 6) is 0.455. The van der Waals surface area contributed by atoms with Crippen molar-refractivity contribution >= 4 is 29.1 Å². The van der Waals surface area contributed by atoms with Crippen LogP contribution in [-0.2, 0) is 0 Å². The Hall–Kier alpha value is -2.62. The summed E-state index contributed by atoms with van der Waals surface area (Å²) in [6, 6.07) is 14.5. The number of allylic oxidation sites excluding steroid dienone is 1. The molecule has 26 heavy (non-hydrogen) atoms. The minimum absolute atomic E-state index is 0.0949. The van der Waals surface area contributed by atoms with E-state index in [4.69, 9.17) is 26.8 Å². The monoisotopic (exact) mass is 384 g/mol. The summed E-state index contributed by atoms with van der Waals surface area (Å²) in [4.78, 5) is 13.1. The maximum atomic E-state index is 13.1. The van der Waals surface area contributed by atoms with Crippen LogP contribution < -0.4 is 15.2 Å². The van der Waals surface area contributed by atoms with Gasteiger partial charge in [-0.2, -0.15) is 5.26 Å². The molecule has 5 nitrogen and oxygen atoms in total. The van der Waals surface area contributed by atoms with E-state index >= 15 is 0 Å². The lowest BCUT2D eigenvalue weighted by Crippen LogP contribution is -2.23. The molecule has 2 atom stereocenters. The van der Waals surface area contributed by atoms with E-state index in [-0.39, 0.29) is 12.6 Å². The zero-order chi connectivity index (χ0) is 18.3. The Morgan fingerprint density at radius 2 is 1.92 bits per heavy atom. The quantitative estimate of drug-likeness (QED) is 0.809. The van der Waals surface area contributed by atoms with Crippen LogP contribution in [0.2, 0.25) is 5.02 Å². The van der Waals surface area contributed by atoms with E-state index in [1.807, 2.05) is 6.07 Å². The highest BCUT2D eigenvalue weighted by atomic mass is 35.5. The minimum Gasteiger partial charge on any atom is -0.454 e. The third-order valence-corrected chi connectivity index (χ3v) is 5.94. The predicted molar refractivity (Wildman–Crippen MR) is 99.3 cm³/mol. The zero-order valence-corrected chi connectivity index (χ0v) is 15.0. The lowest BCUT2D eigenvalue weighted by molar-refractivity contribution is 0.0985. The van der Waals surface area contributed by atoms with Crippen LogP contribution in [-0.4, -0.2) is 17.8 Å². The number of hydrogen-bond donors (Lipinski definition) is 1. The third-order valence-electron chi connectivity index (χ3n) is 4.40. The van der Waals surface area contributed by atoms with Crippen molar-refractivity contribution in [3.05, 3.63) is 69.2 Å². The molecule has 2 N–H and O–H groups in total. The van der Waals surface area contributed by atoms with Crippen LogP contribution in [0.5, 0.6) is 11.5 Å². The van der Waals surface area contributed by atoms with Crippen LogP contribution in [0.1, 0.15) is 21.8 Å². The predicted octanol–water partition coefficient (Wildman–Crippen LogP) is 3.84. The molecule has 0 amide bonds. The van der Waals surface area contributed by atoms with Gasteiger partial charge in [0.05, 0.1) is 21.9 Å². The van der Waals surface area contributed by atoms with Crippen molar-refractivity contribution in [1.82, 2.24) is 0 Å². The second-order valence-electron chi connectivity index (χ2n) is 5.86. The first-order valence-electron chi connectivity index (χ1n) is 7.85. The molecule has 2 aliphatic rings. The molecule has 2 heterocycles. The first-order chi connectivity index (χ1) is 12.6. The topological polar surface area (TPSA) is 85.3 Å². The third kappa shape index (κ3) is 2.70. The van der Waals surface area contributed by atoms with Crippen molar-refractivity contribution in [2.75, 3.05) is 6.79 Å². The van der Waals surface area contributed by atoms with Crippen molar-refractivity contribution in [3.8, 4) is 17.6 Å². The number of benzene rings is 2. The van der Waals surface area contributed by atoms with Gasteiger partial charge in [-0.05, 0) is 11.6 Å². The summed E-state index contributed by atoms with van der Waals surface area (Å²) in [5, 5.41) is 9.80. The van der Waals surface area contributed by atoms with Crippen LogP contribution in [0.3, 0.4) is 0 Å². The number of nitriles is 1. The Balaban J connectivity index is 1.80. The smallest absolute Gasteiger partial charge is 0.231 e. The van der Waals surface area contributed by atoms with Gasteiger partial charge >= 0.3 is 0 Å². The number of thioether (sulfide) groups is 1. The molecule has 2 aliphatic heterocycles. The number of fused-ring (bicyclic) bond motifs is 1. The standard InChI is InChI=1S/C19H13ClN2O3S/c20-13-7-15-14(24-9-25-15)6-11(13)16-12(8-21)19(22)26-18(16)17(23)10-4-2-1-3-5-10/h1-7,16,18H,9,22H2/t16-,18-/m1/s1. The molecule has 7 heteroatoms. The zero-order valence-electron chi connectivity index (χ0n) is 13.4. The maximum Gasteiger partial charge on any atom is 0.231 e. The van der Waals surface area contributed by atoms with Crippen molar-refractivity contribution in [3.63, 3.8) is 0 Å². The number of hydrogen-bond acceptors (Lipinski definition) is 6. The van der Waals surface area contributed by atoms with Gasteiger partial charge in [-0.25, -0.2) is 0 Å². The van der Waals surface area contributed by atoms with Gasteiger partial charge in [0.2, 0.25) is 6.79 Å². The molecule has 0 aliphatic carbocycles. The Bertz CT molecular complexity index is 969. The van der Waals surface area contributed by atoms with Gasteiger partial charge in [-0.3, -0.25) is 4.79 Å². The normalized spacial score (nSPS) is 20.9. The molecule has 2 aromatic rings. The minimum atomic E-state index is -0.565. The Kier molecular flexibility index (Phi) is 4.27. The number of nitrogens with two attached hydrogens (primary N) is 1. The molecule has 0 bridgehead atoms. The van der Waals surface area contributed by atoms with Gasteiger partial charge in [0.15, 0.2) is 17.3 Å². The number of rotatable bonds is 3. The van der Waals surface area contributed by atoms with Gasteiger partial charge in [0.25, 0.3) is 0 Å². The van der Waals surface area contributed by atoms with Crippen molar-refractivity contribution in [1.29, 1.82) is 5.26 Å². The van der Waals surface area contributed by atoms with E-state index in [2.05, 4.69) is 6.07 Å². The molecule has 130 valence electrons. The Morgan fingerprint density at radius 1 is 1.23 bits per heavy atom. The number of nitrogens with zero attached hydrogens (tertiary/aromatic N) is 1. The lowest BCUT2D eigenvalue weighted by Gasteiger charge is -2.20. The molecule has 0 radical (unpaired) electrons. The van der Waals surface area contributed by atoms with Gasteiger partial charge < -0.3 is 15.2 Å². The summed E-state index contributed by atoms with van der Waals surface area (Å²) in [7, 11) is 0. The van der Waals surface area contributed by atoms with Gasteiger partial charge in [0.1, 0.15) is 0 Å². The average molecular weight is 385 g/mol. The summed E-state index contributed by atoms with van der Waals surface area (Å²) < 4.78 is 10.8. The number of ether oxygens (including phenoxy) is 2. The molecule has 0 aromatic heterocycles. The van der Waals surface area contributed by atoms with Crippen molar-refractivity contribution < 1.29 is 14.3 Å². The highest BCUT2D eigenvalue weighted by molar-refractivity contribution is 8.04. The average Bonchev–Trinajstić information content (AvgIpc) is 3.24. The summed E-state index contributed by atoms with van der Waals surface area (Å²) in [5.41, 5.74) is 7.61. The van der Waals surface area contributed by atoms with Gasteiger partial charge in [0, 0.05) is 22.6 Å². The molecule has 0 unspecified atom stereocenters. The molecule has 4 rings (SSSR count).